The zero-order valence-electron chi connectivity index (χ0n) is 10.0. The van der Waals surface area contributed by atoms with E-state index in [4.69, 9.17) is 10.5 Å². The van der Waals surface area contributed by atoms with Crippen LogP contribution in [0, 0.1) is 0 Å². The van der Waals surface area contributed by atoms with Gasteiger partial charge in [0.25, 0.3) is 0 Å². The van der Waals surface area contributed by atoms with Crippen molar-refractivity contribution in [3.05, 3.63) is 12.2 Å². The number of hydrogen-bond acceptors (Lipinski definition) is 2. The highest BCUT2D eigenvalue weighted by atomic mass is 16.5. The van der Waals surface area contributed by atoms with Crippen LogP contribution < -0.4 is 5.73 Å². The summed E-state index contributed by atoms with van der Waals surface area (Å²) >= 11 is 0. The maximum absolute atomic E-state index is 6.04. The van der Waals surface area contributed by atoms with Crippen LogP contribution in [0.1, 0.15) is 51.9 Å². The van der Waals surface area contributed by atoms with Crippen molar-refractivity contribution < 1.29 is 4.74 Å². The van der Waals surface area contributed by atoms with Gasteiger partial charge in [0.2, 0.25) is 0 Å². The molecule has 0 spiro atoms. The molecule has 2 nitrogen and oxygen atoms in total. The average molecular weight is 211 g/mol. The van der Waals surface area contributed by atoms with E-state index in [0.717, 1.165) is 32.3 Å². The molecule has 2 atom stereocenters. The normalized spacial score (nSPS) is 23.7. The van der Waals surface area contributed by atoms with Gasteiger partial charge < -0.3 is 10.5 Å². The zero-order chi connectivity index (χ0) is 11.1. The van der Waals surface area contributed by atoms with Gasteiger partial charge in [0.15, 0.2) is 0 Å². The number of hydrogen-bond donors (Lipinski definition) is 1. The van der Waals surface area contributed by atoms with Gasteiger partial charge in [0.05, 0.1) is 6.10 Å². The summed E-state index contributed by atoms with van der Waals surface area (Å²) < 4.78 is 5.68. The molecule has 1 aliphatic heterocycles. The fraction of sp³-hybridized carbons (Fsp3) is 0.846. The predicted molar refractivity (Wildman–Crippen MR) is 64.8 cm³/mol. The van der Waals surface area contributed by atoms with Gasteiger partial charge in [-0.2, -0.15) is 0 Å². The molecule has 0 bridgehead atoms. The van der Waals surface area contributed by atoms with Crippen LogP contribution in [0.2, 0.25) is 0 Å². The van der Waals surface area contributed by atoms with Crippen LogP contribution in [0.3, 0.4) is 0 Å². The van der Waals surface area contributed by atoms with Crippen molar-refractivity contribution in [3.8, 4) is 0 Å². The summed E-state index contributed by atoms with van der Waals surface area (Å²) in [5, 5.41) is 0. The van der Waals surface area contributed by atoms with Crippen LogP contribution in [0.25, 0.3) is 0 Å². The third-order valence-corrected chi connectivity index (χ3v) is 3.08. The summed E-state index contributed by atoms with van der Waals surface area (Å²) in [6.45, 7) is 6.91. The van der Waals surface area contributed by atoms with E-state index in [1.165, 1.54) is 24.8 Å². The van der Waals surface area contributed by atoms with Gasteiger partial charge in [-0.1, -0.05) is 5.57 Å². The first-order chi connectivity index (χ1) is 7.18. The summed E-state index contributed by atoms with van der Waals surface area (Å²) in [6, 6.07) is 0.326. The van der Waals surface area contributed by atoms with E-state index >= 15 is 0 Å². The molecule has 2 N–H and O–H groups in total. The Hall–Kier alpha value is -0.340. The summed E-state index contributed by atoms with van der Waals surface area (Å²) in [7, 11) is 0. The van der Waals surface area contributed by atoms with Gasteiger partial charge in [-0.15, -0.1) is 6.58 Å². The lowest BCUT2D eigenvalue weighted by molar-refractivity contribution is 0.00905. The lowest BCUT2D eigenvalue weighted by atomic mass is 9.99. The maximum Gasteiger partial charge on any atom is 0.0575 e. The average Bonchev–Trinajstić information content (AvgIpc) is 2.25. The second kappa shape index (κ2) is 7.02. The van der Waals surface area contributed by atoms with Crippen molar-refractivity contribution in [2.45, 2.75) is 64.0 Å². The van der Waals surface area contributed by atoms with Crippen molar-refractivity contribution in [2.24, 2.45) is 5.73 Å². The Kier molecular flexibility index (Phi) is 5.96. The molecule has 0 saturated carbocycles. The van der Waals surface area contributed by atoms with Gasteiger partial charge in [0, 0.05) is 12.6 Å². The first-order valence-electron chi connectivity index (χ1n) is 6.20. The Labute approximate surface area is 93.9 Å². The van der Waals surface area contributed by atoms with Crippen LogP contribution in [-0.4, -0.2) is 18.8 Å². The minimum absolute atomic E-state index is 0.326. The van der Waals surface area contributed by atoms with Gasteiger partial charge in [0.1, 0.15) is 0 Å². The highest BCUT2D eigenvalue weighted by Crippen LogP contribution is 2.18. The molecule has 88 valence electrons. The van der Waals surface area contributed by atoms with Crippen LogP contribution >= 0.6 is 0 Å². The van der Waals surface area contributed by atoms with E-state index in [9.17, 15) is 0 Å². The first kappa shape index (κ1) is 12.7. The largest absolute Gasteiger partial charge is 0.378 e. The first-order valence-corrected chi connectivity index (χ1v) is 6.20. The fourth-order valence-corrected chi connectivity index (χ4v) is 2.01. The molecule has 0 aromatic rings. The summed E-state index contributed by atoms with van der Waals surface area (Å²) in [5.74, 6) is 0. The molecule has 0 radical (unpaired) electrons. The van der Waals surface area contributed by atoms with Crippen molar-refractivity contribution in [1.29, 1.82) is 0 Å². The summed E-state index contributed by atoms with van der Waals surface area (Å²) in [5.41, 5.74) is 7.28. The standard InChI is InChI=1S/C13H25NO/c1-11(2)6-7-12(14)8-9-13-5-3-4-10-15-13/h12-13H,1,3-10,14H2,2H3. The molecule has 1 fully saturated rings. The number of rotatable bonds is 6. The molecule has 0 aliphatic carbocycles. The monoisotopic (exact) mass is 211 g/mol. The Bertz CT molecular complexity index is 185. The van der Waals surface area contributed by atoms with E-state index in [1.807, 2.05) is 0 Å². The Morgan fingerprint density at radius 2 is 2.27 bits per heavy atom. The van der Waals surface area contributed by atoms with Crippen molar-refractivity contribution >= 4 is 0 Å². The Morgan fingerprint density at radius 3 is 2.87 bits per heavy atom. The Morgan fingerprint density at radius 1 is 1.47 bits per heavy atom. The van der Waals surface area contributed by atoms with E-state index in [-0.39, 0.29) is 0 Å². The minimum Gasteiger partial charge on any atom is -0.378 e. The van der Waals surface area contributed by atoms with Crippen molar-refractivity contribution in [3.63, 3.8) is 0 Å². The molecule has 2 heteroatoms. The third kappa shape index (κ3) is 5.95. The SMILES string of the molecule is C=C(C)CCC(N)CCC1CCCCO1. The predicted octanol–water partition coefficient (Wildman–Crippen LogP) is 3.02. The minimum atomic E-state index is 0.326. The quantitative estimate of drug-likeness (QED) is 0.685. The molecule has 1 saturated heterocycles. The lowest BCUT2D eigenvalue weighted by Crippen LogP contribution is -2.25. The van der Waals surface area contributed by atoms with E-state index in [2.05, 4.69) is 13.5 Å². The second-order valence-corrected chi connectivity index (χ2v) is 4.82. The van der Waals surface area contributed by atoms with Gasteiger partial charge in [-0.05, 0) is 51.9 Å². The van der Waals surface area contributed by atoms with E-state index in [1.54, 1.807) is 0 Å². The topological polar surface area (TPSA) is 35.2 Å². The molecule has 2 unspecified atom stereocenters. The van der Waals surface area contributed by atoms with Crippen LogP contribution in [0.4, 0.5) is 0 Å². The number of allylic oxidation sites excluding steroid dienone is 1. The van der Waals surface area contributed by atoms with E-state index in [0.29, 0.717) is 12.1 Å². The molecular formula is C13H25NO. The highest BCUT2D eigenvalue weighted by molar-refractivity contribution is 4.88. The lowest BCUT2D eigenvalue weighted by Gasteiger charge is -2.23. The number of nitrogens with two attached hydrogens (primary N) is 1. The maximum atomic E-state index is 6.04. The molecule has 1 rings (SSSR count). The molecule has 0 aromatic carbocycles. The zero-order valence-corrected chi connectivity index (χ0v) is 10.0. The third-order valence-electron chi connectivity index (χ3n) is 3.08. The van der Waals surface area contributed by atoms with E-state index < -0.39 is 0 Å². The smallest absolute Gasteiger partial charge is 0.0575 e. The van der Waals surface area contributed by atoms with Gasteiger partial charge in [-0.25, -0.2) is 0 Å². The molecule has 15 heavy (non-hydrogen) atoms. The van der Waals surface area contributed by atoms with Gasteiger partial charge >= 0.3 is 0 Å². The van der Waals surface area contributed by atoms with Gasteiger partial charge in [-0.3, -0.25) is 0 Å². The van der Waals surface area contributed by atoms with Crippen LogP contribution in [0.5, 0.6) is 0 Å². The fourth-order valence-electron chi connectivity index (χ4n) is 2.01. The number of ether oxygens (including phenoxy) is 1. The summed E-state index contributed by atoms with van der Waals surface area (Å²) in [6.07, 6.45) is 8.64. The van der Waals surface area contributed by atoms with Crippen LogP contribution in [0.15, 0.2) is 12.2 Å². The molecule has 0 aromatic heterocycles. The van der Waals surface area contributed by atoms with Crippen molar-refractivity contribution in [1.82, 2.24) is 0 Å². The van der Waals surface area contributed by atoms with Crippen molar-refractivity contribution in [2.75, 3.05) is 6.61 Å². The summed E-state index contributed by atoms with van der Waals surface area (Å²) in [4.78, 5) is 0. The highest BCUT2D eigenvalue weighted by Gasteiger charge is 2.14. The van der Waals surface area contributed by atoms with Crippen LogP contribution in [-0.2, 0) is 4.74 Å². The Balaban J connectivity index is 2.04. The molecule has 0 amide bonds. The molecule has 1 aliphatic rings. The molecule has 1 heterocycles. The molecular weight excluding hydrogens is 186 g/mol. The second-order valence-electron chi connectivity index (χ2n) is 4.82.